The molecule has 0 saturated heterocycles. The van der Waals surface area contributed by atoms with Crippen LogP contribution in [-0.2, 0) is 0 Å². The number of anilines is 1. The molecule has 0 spiro atoms. The molecule has 0 amide bonds. The average molecular weight is 297 g/mol. The first-order valence-electron chi connectivity index (χ1n) is 6.41. The molecule has 4 nitrogen and oxygen atoms in total. The van der Waals surface area contributed by atoms with Crippen LogP contribution in [0.2, 0.25) is 0 Å². The van der Waals surface area contributed by atoms with Gasteiger partial charge in [0, 0.05) is 18.3 Å². The van der Waals surface area contributed by atoms with E-state index in [0.717, 1.165) is 13.0 Å². The second-order valence-electron chi connectivity index (χ2n) is 4.26. The Balaban J connectivity index is 2.15. The molecular weight excluding hydrogens is 283 g/mol. The minimum atomic E-state index is -4.69. The first-order chi connectivity index (χ1) is 9.98. The topological polar surface area (TPSA) is 47.0 Å². The molecule has 1 aromatic heterocycles. The van der Waals surface area contributed by atoms with Crippen molar-refractivity contribution in [1.82, 2.24) is 9.97 Å². The number of nitrogens with zero attached hydrogens (tertiary/aromatic N) is 2. The van der Waals surface area contributed by atoms with E-state index < -0.39 is 6.36 Å². The van der Waals surface area contributed by atoms with Gasteiger partial charge in [-0.3, -0.25) is 0 Å². The van der Waals surface area contributed by atoms with E-state index in [1.807, 2.05) is 6.92 Å². The standard InChI is InChI=1S/C14H14F3N3O/c1-2-8-18-12-7-9-19-13(20-12)10-3-5-11(6-4-10)21-14(15,16)17/h3-7,9H,2,8H2,1H3,(H,18,19,20). The Morgan fingerprint density at radius 1 is 1.14 bits per heavy atom. The van der Waals surface area contributed by atoms with Crippen molar-refractivity contribution in [3.05, 3.63) is 36.5 Å². The number of nitrogens with one attached hydrogen (secondary N) is 1. The molecule has 0 aliphatic rings. The van der Waals surface area contributed by atoms with Crippen LogP contribution in [0.15, 0.2) is 36.5 Å². The highest BCUT2D eigenvalue weighted by Gasteiger charge is 2.30. The van der Waals surface area contributed by atoms with Crippen LogP contribution in [0, 0.1) is 0 Å². The minimum absolute atomic E-state index is 0.272. The normalized spacial score (nSPS) is 11.2. The van der Waals surface area contributed by atoms with Gasteiger partial charge in [0.05, 0.1) is 0 Å². The van der Waals surface area contributed by atoms with Crippen LogP contribution >= 0.6 is 0 Å². The van der Waals surface area contributed by atoms with Gasteiger partial charge in [-0.15, -0.1) is 13.2 Å². The predicted octanol–water partition coefficient (Wildman–Crippen LogP) is 3.86. The molecule has 2 aromatic rings. The van der Waals surface area contributed by atoms with Crippen LogP contribution in [0.5, 0.6) is 5.75 Å². The molecule has 0 atom stereocenters. The highest BCUT2D eigenvalue weighted by Crippen LogP contribution is 2.25. The molecule has 0 unspecified atom stereocenters. The fourth-order valence-corrected chi connectivity index (χ4v) is 1.65. The fraction of sp³-hybridized carbons (Fsp3) is 0.286. The quantitative estimate of drug-likeness (QED) is 0.910. The summed E-state index contributed by atoms with van der Waals surface area (Å²) < 4.78 is 40.1. The highest BCUT2D eigenvalue weighted by atomic mass is 19.4. The second-order valence-corrected chi connectivity index (χ2v) is 4.26. The van der Waals surface area contributed by atoms with Crippen LogP contribution < -0.4 is 10.1 Å². The number of hydrogen-bond acceptors (Lipinski definition) is 4. The molecule has 0 aliphatic carbocycles. The van der Waals surface area contributed by atoms with Crippen LogP contribution in [-0.4, -0.2) is 22.9 Å². The molecule has 0 radical (unpaired) electrons. The molecule has 0 fully saturated rings. The summed E-state index contributed by atoms with van der Waals surface area (Å²) in [6, 6.07) is 7.18. The fourth-order valence-electron chi connectivity index (χ4n) is 1.65. The Morgan fingerprint density at radius 2 is 1.86 bits per heavy atom. The van der Waals surface area contributed by atoms with Gasteiger partial charge in [-0.2, -0.15) is 0 Å². The zero-order chi connectivity index (χ0) is 15.3. The van der Waals surface area contributed by atoms with E-state index in [0.29, 0.717) is 17.2 Å². The Labute approximate surface area is 120 Å². The molecule has 7 heteroatoms. The van der Waals surface area contributed by atoms with Gasteiger partial charge in [0.15, 0.2) is 5.82 Å². The van der Waals surface area contributed by atoms with Gasteiger partial charge in [-0.05, 0) is 36.8 Å². The summed E-state index contributed by atoms with van der Waals surface area (Å²) in [5.41, 5.74) is 0.615. The summed E-state index contributed by atoms with van der Waals surface area (Å²) in [5, 5.41) is 3.12. The van der Waals surface area contributed by atoms with Gasteiger partial charge in [-0.1, -0.05) is 6.92 Å². The average Bonchev–Trinajstić information content (AvgIpc) is 2.44. The first-order valence-corrected chi connectivity index (χ1v) is 6.41. The van der Waals surface area contributed by atoms with Gasteiger partial charge >= 0.3 is 6.36 Å². The number of ether oxygens (including phenoxy) is 1. The molecular formula is C14H14F3N3O. The van der Waals surface area contributed by atoms with E-state index in [1.165, 1.54) is 24.3 Å². The number of rotatable bonds is 5. The maximum Gasteiger partial charge on any atom is 0.573 e. The van der Waals surface area contributed by atoms with E-state index in [2.05, 4.69) is 20.0 Å². The van der Waals surface area contributed by atoms with Crippen LogP contribution in [0.3, 0.4) is 0 Å². The summed E-state index contributed by atoms with van der Waals surface area (Å²) in [6.45, 7) is 2.82. The van der Waals surface area contributed by atoms with E-state index >= 15 is 0 Å². The minimum Gasteiger partial charge on any atom is -0.406 e. The van der Waals surface area contributed by atoms with Gasteiger partial charge in [0.2, 0.25) is 0 Å². The zero-order valence-electron chi connectivity index (χ0n) is 11.3. The Bertz CT molecular complexity index is 585. The van der Waals surface area contributed by atoms with E-state index in [9.17, 15) is 13.2 Å². The maximum atomic E-state index is 12.1. The number of benzene rings is 1. The predicted molar refractivity (Wildman–Crippen MR) is 72.9 cm³/mol. The van der Waals surface area contributed by atoms with E-state index in [-0.39, 0.29) is 5.75 Å². The highest BCUT2D eigenvalue weighted by molar-refractivity contribution is 5.58. The second kappa shape index (κ2) is 6.43. The molecule has 1 heterocycles. The molecule has 21 heavy (non-hydrogen) atoms. The first kappa shape index (κ1) is 15.1. The molecule has 112 valence electrons. The smallest absolute Gasteiger partial charge is 0.406 e. The summed E-state index contributed by atoms with van der Waals surface area (Å²) in [5.74, 6) is 0.846. The SMILES string of the molecule is CCCNc1ccnc(-c2ccc(OC(F)(F)F)cc2)n1. The largest absolute Gasteiger partial charge is 0.573 e. The molecule has 0 saturated carbocycles. The van der Waals surface area contributed by atoms with Crippen molar-refractivity contribution in [2.24, 2.45) is 0 Å². The Kier molecular flexibility index (Phi) is 4.62. The Hall–Kier alpha value is -2.31. The number of hydrogen-bond donors (Lipinski definition) is 1. The lowest BCUT2D eigenvalue weighted by Crippen LogP contribution is -2.16. The molecule has 0 bridgehead atoms. The van der Waals surface area contributed by atoms with Crippen molar-refractivity contribution in [3.63, 3.8) is 0 Å². The van der Waals surface area contributed by atoms with Crippen LogP contribution in [0.1, 0.15) is 13.3 Å². The molecule has 0 aliphatic heterocycles. The van der Waals surface area contributed by atoms with Crippen LogP contribution in [0.25, 0.3) is 11.4 Å². The third kappa shape index (κ3) is 4.62. The van der Waals surface area contributed by atoms with E-state index in [1.54, 1.807) is 12.3 Å². The summed E-state index contributed by atoms with van der Waals surface area (Å²) in [4.78, 5) is 8.41. The Morgan fingerprint density at radius 3 is 2.48 bits per heavy atom. The van der Waals surface area contributed by atoms with Gasteiger partial charge < -0.3 is 10.1 Å². The maximum absolute atomic E-state index is 12.1. The lowest BCUT2D eigenvalue weighted by molar-refractivity contribution is -0.274. The molecule has 1 N–H and O–H groups in total. The van der Waals surface area contributed by atoms with Gasteiger partial charge in [-0.25, -0.2) is 9.97 Å². The summed E-state index contributed by atoms with van der Waals surface area (Å²) >= 11 is 0. The number of halogens is 3. The molecule has 1 aromatic carbocycles. The lowest BCUT2D eigenvalue weighted by Gasteiger charge is -2.09. The van der Waals surface area contributed by atoms with Crippen molar-refractivity contribution < 1.29 is 17.9 Å². The zero-order valence-corrected chi connectivity index (χ0v) is 11.3. The van der Waals surface area contributed by atoms with E-state index in [4.69, 9.17) is 0 Å². The van der Waals surface area contributed by atoms with Crippen molar-refractivity contribution in [1.29, 1.82) is 0 Å². The van der Waals surface area contributed by atoms with Crippen molar-refractivity contribution >= 4 is 5.82 Å². The lowest BCUT2D eigenvalue weighted by atomic mass is 10.2. The number of aromatic nitrogens is 2. The van der Waals surface area contributed by atoms with Gasteiger partial charge in [0.1, 0.15) is 11.6 Å². The number of alkyl halides is 3. The van der Waals surface area contributed by atoms with Crippen molar-refractivity contribution in [3.8, 4) is 17.1 Å². The summed E-state index contributed by atoms with van der Waals surface area (Å²) in [7, 11) is 0. The third-order valence-corrected chi connectivity index (χ3v) is 2.56. The third-order valence-electron chi connectivity index (χ3n) is 2.56. The summed E-state index contributed by atoms with van der Waals surface area (Å²) in [6.07, 6.45) is -2.13. The molecule has 2 rings (SSSR count). The van der Waals surface area contributed by atoms with Crippen molar-refractivity contribution in [2.75, 3.05) is 11.9 Å². The monoisotopic (exact) mass is 297 g/mol. The van der Waals surface area contributed by atoms with Crippen molar-refractivity contribution in [2.45, 2.75) is 19.7 Å². The van der Waals surface area contributed by atoms with Crippen LogP contribution in [0.4, 0.5) is 19.0 Å². The van der Waals surface area contributed by atoms with Gasteiger partial charge in [0.25, 0.3) is 0 Å².